The van der Waals surface area contributed by atoms with E-state index in [0.717, 1.165) is 33.7 Å². The molecule has 188 valence electrons. The van der Waals surface area contributed by atoms with Gasteiger partial charge in [-0.1, -0.05) is 45.0 Å². The Morgan fingerprint density at radius 1 is 1.14 bits per heavy atom. The Morgan fingerprint density at radius 2 is 1.83 bits per heavy atom. The lowest BCUT2D eigenvalue weighted by molar-refractivity contribution is -0.106. The van der Waals surface area contributed by atoms with E-state index < -0.39 is 0 Å². The Hall–Kier alpha value is -4.17. The second-order valence-corrected chi connectivity index (χ2v) is 9.35. The number of aliphatic hydroxyl groups is 1. The van der Waals surface area contributed by atoms with Crippen molar-refractivity contribution in [2.24, 2.45) is 5.73 Å². The summed E-state index contributed by atoms with van der Waals surface area (Å²) in [6.07, 6.45) is 5.91. The number of hydrogen-bond acceptors (Lipinski definition) is 5. The minimum absolute atomic E-state index is 0.0361. The predicted octanol–water partition coefficient (Wildman–Crippen LogP) is 4.37. The molecule has 2 aromatic heterocycles. The smallest absolute Gasteiger partial charge is 0.255 e. The molecule has 2 amide bonds. The van der Waals surface area contributed by atoms with E-state index in [2.05, 4.69) is 42.1 Å². The molecule has 0 aliphatic carbocycles. The molecule has 4 rings (SSSR count). The maximum absolute atomic E-state index is 12.9. The Labute approximate surface area is 211 Å². The Balaban J connectivity index is 0.00000115. The zero-order chi connectivity index (χ0) is 26.3. The number of nitrogens with zero attached hydrogens (tertiary/aromatic N) is 2. The third kappa shape index (κ3) is 6.09. The van der Waals surface area contributed by atoms with Gasteiger partial charge in [0.1, 0.15) is 0 Å². The quantitative estimate of drug-likeness (QED) is 0.301. The second-order valence-electron chi connectivity index (χ2n) is 9.35. The third-order valence-corrected chi connectivity index (χ3v) is 5.82. The lowest BCUT2D eigenvalue weighted by Gasteiger charge is -2.19. The zero-order valence-electron chi connectivity index (χ0n) is 21.1. The largest absolute Gasteiger partial charge is 0.395 e. The van der Waals surface area contributed by atoms with Gasteiger partial charge in [0, 0.05) is 41.9 Å². The molecule has 2 heterocycles. The van der Waals surface area contributed by atoms with Crippen LogP contribution in [0.5, 0.6) is 0 Å². The zero-order valence-corrected chi connectivity index (χ0v) is 21.1. The number of hydrogen-bond donors (Lipinski definition) is 4. The minimum Gasteiger partial charge on any atom is -0.395 e. The van der Waals surface area contributed by atoms with Crippen LogP contribution < -0.4 is 16.4 Å². The number of carbonyl (C=O) groups excluding carboxylic acids is 2. The first kappa shape index (κ1) is 26.4. The highest BCUT2D eigenvalue weighted by molar-refractivity contribution is 6.05. The van der Waals surface area contributed by atoms with Gasteiger partial charge >= 0.3 is 0 Å². The lowest BCUT2D eigenvalue weighted by atomic mass is 9.86. The normalized spacial score (nSPS) is 10.9. The van der Waals surface area contributed by atoms with Crippen molar-refractivity contribution < 1.29 is 14.7 Å². The second kappa shape index (κ2) is 11.5. The Kier molecular flexibility index (Phi) is 8.45. The molecule has 0 fully saturated rings. The number of nitrogens with one attached hydrogen (secondary N) is 2. The van der Waals surface area contributed by atoms with Crippen molar-refractivity contribution in [3.05, 3.63) is 83.8 Å². The number of aliphatic hydroxyl groups excluding tert-OH is 1. The van der Waals surface area contributed by atoms with E-state index in [9.17, 15) is 9.90 Å². The summed E-state index contributed by atoms with van der Waals surface area (Å²) in [6.45, 7) is 8.95. The summed E-state index contributed by atoms with van der Waals surface area (Å²) in [4.78, 5) is 25.9. The number of primary amides is 1. The van der Waals surface area contributed by atoms with Crippen molar-refractivity contribution in [3.8, 4) is 11.1 Å². The number of imidazole rings is 1. The number of fused-ring (bicyclic) bond motifs is 1. The number of aromatic nitrogens is 2. The van der Waals surface area contributed by atoms with Crippen molar-refractivity contribution in [1.29, 1.82) is 0 Å². The molecule has 0 aliphatic rings. The summed E-state index contributed by atoms with van der Waals surface area (Å²) in [5.74, 6) is -0.133. The van der Waals surface area contributed by atoms with Crippen LogP contribution in [0.3, 0.4) is 0 Å². The number of carbonyl (C=O) groups is 2. The van der Waals surface area contributed by atoms with Gasteiger partial charge in [-0.25, -0.2) is 4.98 Å². The molecule has 0 radical (unpaired) electrons. The molecule has 0 atom stereocenters. The van der Waals surface area contributed by atoms with Crippen LogP contribution in [0.4, 0.5) is 11.4 Å². The fourth-order valence-corrected chi connectivity index (χ4v) is 3.90. The van der Waals surface area contributed by atoms with E-state index in [-0.39, 0.29) is 24.3 Å². The van der Waals surface area contributed by atoms with Crippen molar-refractivity contribution >= 4 is 29.3 Å². The first-order chi connectivity index (χ1) is 17.2. The van der Waals surface area contributed by atoms with Gasteiger partial charge in [0.2, 0.25) is 6.41 Å². The first-order valence-corrected chi connectivity index (χ1v) is 11.7. The maximum atomic E-state index is 12.9. The predicted molar refractivity (Wildman–Crippen MR) is 144 cm³/mol. The minimum atomic E-state index is -0.133. The molecular formula is C28H33N5O3. The van der Waals surface area contributed by atoms with Gasteiger partial charge in [0.05, 0.1) is 12.3 Å². The highest BCUT2D eigenvalue weighted by Crippen LogP contribution is 2.32. The monoisotopic (exact) mass is 487 g/mol. The van der Waals surface area contributed by atoms with E-state index in [1.807, 2.05) is 72.2 Å². The number of nitrogens with two attached hydrogens (primary N) is 1. The van der Waals surface area contributed by atoms with Gasteiger partial charge < -0.3 is 25.9 Å². The van der Waals surface area contributed by atoms with E-state index in [4.69, 9.17) is 4.79 Å². The molecule has 0 aliphatic heterocycles. The average molecular weight is 488 g/mol. The molecular weight excluding hydrogens is 454 g/mol. The fourth-order valence-electron chi connectivity index (χ4n) is 3.90. The van der Waals surface area contributed by atoms with Crippen LogP contribution in [0.25, 0.3) is 16.8 Å². The van der Waals surface area contributed by atoms with Crippen LogP contribution in [-0.2, 0) is 10.2 Å². The Bertz CT molecular complexity index is 1340. The number of pyridine rings is 1. The number of anilines is 2. The van der Waals surface area contributed by atoms with Crippen LogP contribution in [0, 0.1) is 6.92 Å². The van der Waals surface area contributed by atoms with Crippen LogP contribution in [0.15, 0.2) is 67.1 Å². The van der Waals surface area contributed by atoms with Crippen molar-refractivity contribution in [1.82, 2.24) is 9.38 Å². The van der Waals surface area contributed by atoms with E-state index >= 15 is 0 Å². The molecule has 8 nitrogen and oxygen atoms in total. The molecule has 5 N–H and O–H groups in total. The van der Waals surface area contributed by atoms with Crippen LogP contribution in [-0.4, -0.2) is 40.0 Å². The molecule has 0 spiro atoms. The average Bonchev–Trinajstić information content (AvgIpc) is 3.33. The topological polar surface area (TPSA) is 122 Å². The summed E-state index contributed by atoms with van der Waals surface area (Å²) in [5, 5.41) is 15.5. The molecule has 8 heteroatoms. The third-order valence-electron chi connectivity index (χ3n) is 5.82. The van der Waals surface area contributed by atoms with E-state index in [0.29, 0.717) is 12.1 Å². The van der Waals surface area contributed by atoms with Crippen molar-refractivity contribution in [3.63, 3.8) is 0 Å². The standard InChI is InChI=1S/C27H30N4O2.CH3NO/c1-18-22(20-16-24(28-13-15-32)25-29-12-14-31(25)17-20)6-5-7-23(18)30-26(33)19-8-10-21(11-9-19)27(2,3)4;2-1-3/h5-12,14,16-17,28,32H,13,15H2,1-4H3,(H,30,33);1H,(H2,2,3). The van der Waals surface area contributed by atoms with Gasteiger partial charge in [0.15, 0.2) is 5.65 Å². The van der Waals surface area contributed by atoms with E-state index in [1.54, 1.807) is 6.20 Å². The fraction of sp³-hybridized carbons (Fsp3) is 0.250. The molecule has 2 aromatic carbocycles. The van der Waals surface area contributed by atoms with Crippen LogP contribution in [0.2, 0.25) is 0 Å². The summed E-state index contributed by atoms with van der Waals surface area (Å²) in [6, 6.07) is 15.7. The number of rotatable bonds is 6. The molecule has 0 saturated heterocycles. The van der Waals surface area contributed by atoms with Crippen LogP contribution in [0.1, 0.15) is 42.3 Å². The molecule has 0 unspecified atom stereocenters. The lowest BCUT2D eigenvalue weighted by Crippen LogP contribution is -2.15. The Morgan fingerprint density at radius 3 is 2.47 bits per heavy atom. The van der Waals surface area contributed by atoms with Gasteiger partial charge in [-0.3, -0.25) is 9.59 Å². The van der Waals surface area contributed by atoms with Gasteiger partial charge in [0.25, 0.3) is 5.91 Å². The number of benzene rings is 2. The molecule has 0 saturated carbocycles. The summed E-state index contributed by atoms with van der Waals surface area (Å²) < 4.78 is 1.95. The molecule has 4 aromatic rings. The number of amides is 2. The highest BCUT2D eigenvalue weighted by Gasteiger charge is 2.16. The van der Waals surface area contributed by atoms with Crippen LogP contribution >= 0.6 is 0 Å². The van der Waals surface area contributed by atoms with E-state index in [1.165, 1.54) is 5.56 Å². The molecule has 36 heavy (non-hydrogen) atoms. The summed E-state index contributed by atoms with van der Waals surface area (Å²) in [5.41, 5.74) is 11.4. The summed E-state index contributed by atoms with van der Waals surface area (Å²) >= 11 is 0. The molecule has 0 bridgehead atoms. The first-order valence-electron chi connectivity index (χ1n) is 11.7. The van der Waals surface area contributed by atoms with Crippen molar-refractivity contribution in [2.75, 3.05) is 23.8 Å². The van der Waals surface area contributed by atoms with Gasteiger partial charge in [-0.15, -0.1) is 0 Å². The SMILES string of the molecule is Cc1c(NC(=O)c2ccc(C(C)(C)C)cc2)cccc1-c1cc(NCCO)c2nccn2c1.NC=O. The van der Waals surface area contributed by atoms with Gasteiger partial charge in [-0.2, -0.15) is 0 Å². The highest BCUT2D eigenvalue weighted by atomic mass is 16.3. The van der Waals surface area contributed by atoms with Crippen molar-refractivity contribution in [2.45, 2.75) is 33.1 Å². The van der Waals surface area contributed by atoms with Gasteiger partial charge in [-0.05, 0) is 53.3 Å². The summed E-state index contributed by atoms with van der Waals surface area (Å²) in [7, 11) is 0. The maximum Gasteiger partial charge on any atom is 0.255 e.